The number of aromatic nitrogens is 1. The molecule has 0 saturated heterocycles. The van der Waals surface area contributed by atoms with Crippen LogP contribution in [0, 0.1) is 0 Å². The van der Waals surface area contributed by atoms with E-state index in [0.29, 0.717) is 24.7 Å². The third kappa shape index (κ3) is 3.62. The first kappa shape index (κ1) is 15.1. The van der Waals surface area contributed by atoms with E-state index >= 15 is 0 Å². The molecule has 1 aromatic heterocycles. The Morgan fingerprint density at radius 3 is 2.45 bits per heavy atom. The molecule has 112 valence electrons. The van der Waals surface area contributed by atoms with Gasteiger partial charge in [0.2, 0.25) is 5.76 Å². The third-order valence-corrected chi connectivity index (χ3v) is 3.96. The SMILES string of the molecule is CCOC(=O)c1oc(C2CCCCCCC2)nc1CC. The first-order valence-corrected chi connectivity index (χ1v) is 7.93. The Hall–Kier alpha value is -1.32. The Morgan fingerprint density at radius 2 is 1.85 bits per heavy atom. The fraction of sp³-hybridized carbons (Fsp3) is 0.750. The van der Waals surface area contributed by atoms with Crippen LogP contribution in [-0.2, 0) is 11.2 Å². The van der Waals surface area contributed by atoms with Crippen molar-refractivity contribution in [2.45, 2.75) is 71.1 Å². The van der Waals surface area contributed by atoms with Crippen LogP contribution in [0.15, 0.2) is 4.42 Å². The molecule has 1 saturated carbocycles. The molecule has 0 amide bonds. The number of oxazole rings is 1. The van der Waals surface area contributed by atoms with E-state index < -0.39 is 0 Å². The fourth-order valence-electron chi connectivity index (χ4n) is 2.84. The zero-order valence-electron chi connectivity index (χ0n) is 12.6. The molecule has 2 rings (SSSR count). The second-order valence-corrected chi connectivity index (χ2v) is 5.44. The number of carbonyl (C=O) groups is 1. The third-order valence-electron chi connectivity index (χ3n) is 3.96. The topological polar surface area (TPSA) is 52.3 Å². The lowest BCUT2D eigenvalue weighted by Gasteiger charge is -2.16. The van der Waals surface area contributed by atoms with Crippen molar-refractivity contribution in [3.05, 3.63) is 17.3 Å². The quantitative estimate of drug-likeness (QED) is 0.773. The average molecular weight is 279 g/mol. The maximum Gasteiger partial charge on any atom is 0.376 e. The summed E-state index contributed by atoms with van der Waals surface area (Å²) in [7, 11) is 0. The maximum absolute atomic E-state index is 11.9. The molecule has 1 heterocycles. The van der Waals surface area contributed by atoms with E-state index in [1.54, 1.807) is 6.92 Å². The van der Waals surface area contributed by atoms with Crippen LogP contribution in [0.5, 0.6) is 0 Å². The number of hydrogen-bond acceptors (Lipinski definition) is 4. The van der Waals surface area contributed by atoms with Crippen molar-refractivity contribution >= 4 is 5.97 Å². The fourth-order valence-corrected chi connectivity index (χ4v) is 2.84. The molecular weight excluding hydrogens is 254 g/mol. The summed E-state index contributed by atoms with van der Waals surface area (Å²) in [5.41, 5.74) is 0.737. The van der Waals surface area contributed by atoms with Gasteiger partial charge in [0.15, 0.2) is 5.89 Å². The largest absolute Gasteiger partial charge is 0.460 e. The molecule has 20 heavy (non-hydrogen) atoms. The zero-order chi connectivity index (χ0) is 14.4. The van der Waals surface area contributed by atoms with Gasteiger partial charge in [-0.15, -0.1) is 0 Å². The van der Waals surface area contributed by atoms with E-state index in [0.717, 1.165) is 24.4 Å². The number of carbonyl (C=O) groups excluding carboxylic acids is 1. The molecule has 0 unspecified atom stereocenters. The number of aryl methyl sites for hydroxylation is 1. The van der Waals surface area contributed by atoms with Gasteiger partial charge in [0.1, 0.15) is 0 Å². The van der Waals surface area contributed by atoms with Crippen molar-refractivity contribution in [1.82, 2.24) is 4.98 Å². The van der Waals surface area contributed by atoms with Gasteiger partial charge in [0, 0.05) is 5.92 Å². The number of ether oxygens (including phenoxy) is 1. The molecule has 0 atom stereocenters. The van der Waals surface area contributed by atoms with Crippen LogP contribution in [0.25, 0.3) is 0 Å². The minimum atomic E-state index is -0.381. The highest BCUT2D eigenvalue weighted by Gasteiger charge is 2.25. The minimum absolute atomic E-state index is 0.311. The van der Waals surface area contributed by atoms with Gasteiger partial charge in [0.05, 0.1) is 12.3 Å². The Balaban J connectivity index is 2.16. The Morgan fingerprint density at radius 1 is 1.20 bits per heavy atom. The van der Waals surface area contributed by atoms with Gasteiger partial charge in [-0.05, 0) is 26.2 Å². The molecule has 0 aliphatic heterocycles. The molecule has 0 aromatic carbocycles. The molecule has 0 bridgehead atoms. The predicted molar refractivity (Wildman–Crippen MR) is 76.9 cm³/mol. The Labute approximate surface area is 120 Å². The number of esters is 1. The van der Waals surface area contributed by atoms with Crippen LogP contribution in [-0.4, -0.2) is 17.6 Å². The molecule has 0 spiro atoms. The number of rotatable bonds is 4. The molecule has 0 N–H and O–H groups in total. The monoisotopic (exact) mass is 279 g/mol. The molecule has 1 aliphatic rings. The summed E-state index contributed by atoms with van der Waals surface area (Å²) in [5, 5.41) is 0. The first-order chi connectivity index (χ1) is 9.76. The van der Waals surface area contributed by atoms with Gasteiger partial charge < -0.3 is 9.15 Å². The smallest absolute Gasteiger partial charge is 0.376 e. The predicted octanol–water partition coefficient (Wildman–Crippen LogP) is 4.24. The Kier molecular flexibility index (Phi) is 5.62. The highest BCUT2D eigenvalue weighted by Crippen LogP contribution is 2.31. The van der Waals surface area contributed by atoms with Crippen molar-refractivity contribution < 1.29 is 13.9 Å². The lowest BCUT2D eigenvalue weighted by atomic mass is 9.91. The summed E-state index contributed by atoms with van der Waals surface area (Å²) in [6.45, 7) is 4.15. The van der Waals surface area contributed by atoms with Gasteiger partial charge in [-0.25, -0.2) is 9.78 Å². The van der Waals surface area contributed by atoms with Crippen LogP contribution in [0.2, 0.25) is 0 Å². The van der Waals surface area contributed by atoms with Crippen molar-refractivity contribution in [1.29, 1.82) is 0 Å². The summed E-state index contributed by atoms with van der Waals surface area (Å²) in [6, 6.07) is 0. The van der Waals surface area contributed by atoms with Crippen molar-refractivity contribution in [3.8, 4) is 0 Å². The molecule has 1 aromatic rings. The van der Waals surface area contributed by atoms with Crippen LogP contribution in [0.3, 0.4) is 0 Å². The lowest BCUT2D eigenvalue weighted by Crippen LogP contribution is -2.06. The maximum atomic E-state index is 11.9. The summed E-state index contributed by atoms with van der Waals surface area (Å²) < 4.78 is 10.8. The van der Waals surface area contributed by atoms with E-state index in [2.05, 4.69) is 4.98 Å². The minimum Gasteiger partial charge on any atom is -0.460 e. The van der Waals surface area contributed by atoms with Crippen molar-refractivity contribution in [2.24, 2.45) is 0 Å². The average Bonchev–Trinajstić information content (AvgIpc) is 2.82. The zero-order valence-corrected chi connectivity index (χ0v) is 12.6. The van der Waals surface area contributed by atoms with E-state index in [4.69, 9.17) is 9.15 Å². The lowest BCUT2D eigenvalue weighted by molar-refractivity contribution is 0.0485. The van der Waals surface area contributed by atoms with E-state index in [-0.39, 0.29) is 5.97 Å². The summed E-state index contributed by atoms with van der Waals surface area (Å²) >= 11 is 0. The van der Waals surface area contributed by atoms with E-state index in [1.165, 1.54) is 32.1 Å². The standard InChI is InChI=1S/C16H25NO3/c1-3-13-14(16(18)19-4-2)20-15(17-13)12-10-8-6-5-7-9-11-12/h12H,3-11H2,1-2H3. The molecule has 0 radical (unpaired) electrons. The van der Waals surface area contributed by atoms with Crippen LogP contribution in [0.1, 0.15) is 86.9 Å². The summed E-state index contributed by atoms with van der Waals surface area (Å²) in [6.07, 6.45) is 9.31. The van der Waals surface area contributed by atoms with E-state index in [9.17, 15) is 4.79 Å². The normalized spacial score (nSPS) is 17.5. The highest BCUT2D eigenvalue weighted by molar-refractivity contribution is 5.87. The second-order valence-electron chi connectivity index (χ2n) is 5.44. The van der Waals surface area contributed by atoms with Gasteiger partial charge in [-0.2, -0.15) is 0 Å². The van der Waals surface area contributed by atoms with Crippen LogP contribution in [0.4, 0.5) is 0 Å². The van der Waals surface area contributed by atoms with Gasteiger partial charge in [-0.3, -0.25) is 0 Å². The van der Waals surface area contributed by atoms with E-state index in [1.807, 2.05) is 6.92 Å². The summed E-state index contributed by atoms with van der Waals surface area (Å²) in [4.78, 5) is 16.4. The summed E-state index contributed by atoms with van der Waals surface area (Å²) in [5.74, 6) is 1.04. The number of nitrogens with zero attached hydrogens (tertiary/aromatic N) is 1. The second kappa shape index (κ2) is 7.46. The molecule has 4 heteroatoms. The highest BCUT2D eigenvalue weighted by atomic mass is 16.5. The van der Waals surface area contributed by atoms with Gasteiger partial charge >= 0.3 is 5.97 Å². The first-order valence-electron chi connectivity index (χ1n) is 7.93. The Bertz CT molecular complexity index is 431. The van der Waals surface area contributed by atoms with Crippen LogP contribution < -0.4 is 0 Å². The molecular formula is C16H25NO3. The molecule has 4 nitrogen and oxygen atoms in total. The van der Waals surface area contributed by atoms with Crippen molar-refractivity contribution in [2.75, 3.05) is 6.61 Å². The van der Waals surface area contributed by atoms with Gasteiger partial charge in [0.25, 0.3) is 0 Å². The molecule has 1 fully saturated rings. The van der Waals surface area contributed by atoms with Gasteiger partial charge in [-0.1, -0.05) is 39.0 Å². The molecule has 1 aliphatic carbocycles. The van der Waals surface area contributed by atoms with Crippen molar-refractivity contribution in [3.63, 3.8) is 0 Å². The van der Waals surface area contributed by atoms with Crippen LogP contribution >= 0.6 is 0 Å². The number of hydrogen-bond donors (Lipinski definition) is 0.